The van der Waals surface area contributed by atoms with Gasteiger partial charge in [0.15, 0.2) is 5.76 Å². The lowest BCUT2D eigenvalue weighted by molar-refractivity contribution is -0.125. The Morgan fingerprint density at radius 2 is 1.87 bits per heavy atom. The van der Waals surface area contributed by atoms with Gasteiger partial charge in [-0.3, -0.25) is 4.79 Å². The van der Waals surface area contributed by atoms with Crippen LogP contribution in [0.15, 0.2) is 66.1 Å². The summed E-state index contributed by atoms with van der Waals surface area (Å²) in [4.78, 5) is 16.5. The summed E-state index contributed by atoms with van der Waals surface area (Å²) < 4.78 is 37.8. The maximum atomic E-state index is 14.3. The van der Waals surface area contributed by atoms with E-state index in [1.54, 1.807) is 18.2 Å². The number of ether oxygens (including phenoxy) is 1. The quantitative estimate of drug-likeness (QED) is 0.207. The zero-order valence-electron chi connectivity index (χ0n) is 23.4. The average Bonchev–Trinajstić information content (AvgIpc) is 3.29. The van der Waals surface area contributed by atoms with Crippen LogP contribution in [0.4, 0.5) is 8.78 Å². The number of benzene rings is 2. The molecule has 7 heteroatoms. The summed E-state index contributed by atoms with van der Waals surface area (Å²) >= 11 is 1.13. The van der Waals surface area contributed by atoms with Crippen molar-refractivity contribution < 1.29 is 18.3 Å². The van der Waals surface area contributed by atoms with Crippen molar-refractivity contribution >= 4 is 17.7 Å². The largest absolute Gasteiger partial charge is 0.484 e. The standard InChI is InChI=1S/C32H40F2N2O2S/c1-5-36(20-35-39-21(2)3)30-11-6-8-22(4)29(15-12-23-9-7-10-26(33)16-23)31(37)32(30)38-28-18-24-13-14-27(34)17-25(24)19-28/h6-7,9-11,13-14,16-17,21-22,28-29,35H,5,8,12,15,18-20H2,1-4H3/p+1/b11-6+,32-30-. The van der Waals surface area contributed by atoms with Gasteiger partial charge < -0.3 is 9.64 Å². The first-order chi connectivity index (χ1) is 18.7. The highest BCUT2D eigenvalue weighted by atomic mass is 32.2. The van der Waals surface area contributed by atoms with Crippen LogP contribution in [0.1, 0.15) is 57.2 Å². The lowest BCUT2D eigenvalue weighted by Gasteiger charge is -2.31. The molecule has 0 fully saturated rings. The first-order valence-corrected chi connectivity index (χ1v) is 15.0. The van der Waals surface area contributed by atoms with E-state index in [0.29, 0.717) is 49.9 Å². The highest BCUT2D eigenvalue weighted by molar-refractivity contribution is 7.77. The van der Waals surface area contributed by atoms with Gasteiger partial charge in [-0.1, -0.05) is 31.2 Å². The molecular weight excluding hydrogens is 514 g/mol. The molecule has 0 amide bonds. The zero-order chi connectivity index (χ0) is 27.9. The number of thiol groups is 1. The second kappa shape index (κ2) is 13.6. The lowest BCUT2D eigenvalue weighted by Crippen LogP contribution is -2.37. The number of carbonyl (C=O) groups excluding carboxylic acids is 1. The van der Waals surface area contributed by atoms with Crippen LogP contribution in [0.3, 0.4) is 0 Å². The average molecular weight is 556 g/mol. The van der Waals surface area contributed by atoms with Crippen molar-refractivity contribution in [1.29, 1.82) is 0 Å². The van der Waals surface area contributed by atoms with E-state index >= 15 is 0 Å². The van der Waals surface area contributed by atoms with Crippen LogP contribution < -0.4 is 4.72 Å². The Labute approximate surface area is 236 Å². The molecule has 2 aliphatic carbocycles. The Kier molecular flexibility index (Phi) is 10.2. The number of fused-ring (bicyclic) bond motifs is 1. The van der Waals surface area contributed by atoms with E-state index in [9.17, 15) is 13.6 Å². The second-order valence-corrected chi connectivity index (χ2v) is 12.5. The van der Waals surface area contributed by atoms with Gasteiger partial charge in [-0.05, 0) is 93.0 Å². The van der Waals surface area contributed by atoms with Crippen LogP contribution in [0, 0.1) is 23.5 Å². The number of nitrogens with zero attached hydrogens (tertiary/aromatic N) is 1. The summed E-state index contributed by atoms with van der Waals surface area (Å²) in [7, 11) is 0. The fourth-order valence-electron chi connectivity index (χ4n) is 5.46. The Balaban J connectivity index is 1.64. The number of nitrogens with one attached hydrogen (secondary N) is 1. The van der Waals surface area contributed by atoms with Crippen molar-refractivity contribution in [2.75, 3.05) is 13.2 Å². The first-order valence-electron chi connectivity index (χ1n) is 14.1. The summed E-state index contributed by atoms with van der Waals surface area (Å²) in [5, 5.41) is 0.480. The molecule has 210 valence electrons. The first kappa shape index (κ1) is 29.3. The Morgan fingerprint density at radius 3 is 2.62 bits per heavy atom. The molecule has 0 spiro atoms. The number of ketones is 1. The molecule has 0 saturated heterocycles. The molecule has 0 bridgehead atoms. The maximum absolute atomic E-state index is 14.3. The highest BCUT2D eigenvalue weighted by Gasteiger charge is 2.35. The van der Waals surface area contributed by atoms with Crippen molar-refractivity contribution in [2.45, 2.75) is 71.2 Å². The minimum Gasteiger partial charge on any atom is -0.484 e. The third kappa shape index (κ3) is 7.73. The van der Waals surface area contributed by atoms with Gasteiger partial charge in [-0.2, -0.15) is 0 Å². The SMILES string of the molecule is CCN(CN[SH+]C(C)C)C1=C(\OC2Cc3ccc(F)cc3C2)C(=O)C(CCc2cccc(F)c2)C(C)C\C=C\1. The summed E-state index contributed by atoms with van der Waals surface area (Å²) in [5.74, 6) is -0.263. The van der Waals surface area contributed by atoms with Crippen LogP contribution in [-0.4, -0.2) is 35.3 Å². The van der Waals surface area contributed by atoms with Gasteiger partial charge in [0.05, 0.1) is 17.6 Å². The topological polar surface area (TPSA) is 41.6 Å². The van der Waals surface area contributed by atoms with Crippen LogP contribution in [0.2, 0.25) is 0 Å². The molecular formula is C32H41F2N2O2S+. The molecule has 4 nitrogen and oxygen atoms in total. The number of hydrogen-bond acceptors (Lipinski definition) is 4. The summed E-state index contributed by atoms with van der Waals surface area (Å²) in [5.41, 5.74) is 3.69. The van der Waals surface area contributed by atoms with E-state index in [2.05, 4.69) is 43.4 Å². The zero-order valence-corrected chi connectivity index (χ0v) is 24.3. The van der Waals surface area contributed by atoms with Gasteiger partial charge in [-0.15, -0.1) is 4.72 Å². The minimum absolute atomic E-state index is 0.000232. The molecule has 3 atom stereocenters. The number of halogens is 2. The van der Waals surface area contributed by atoms with Crippen LogP contribution in [-0.2, 0) is 40.7 Å². The number of Topliss-reactive ketones (excluding diaryl/α,β-unsaturated/α-hetero) is 1. The number of likely N-dealkylation sites (N-methyl/N-ethyl adjacent to an activating group) is 1. The molecule has 0 radical (unpaired) electrons. The molecule has 0 aliphatic heterocycles. The number of rotatable bonds is 11. The van der Waals surface area contributed by atoms with E-state index in [0.717, 1.165) is 40.8 Å². The van der Waals surface area contributed by atoms with Crippen molar-refractivity contribution in [1.82, 2.24) is 9.62 Å². The molecule has 2 aromatic rings. The van der Waals surface area contributed by atoms with Crippen molar-refractivity contribution in [3.63, 3.8) is 0 Å². The van der Waals surface area contributed by atoms with E-state index < -0.39 is 0 Å². The third-order valence-electron chi connectivity index (χ3n) is 7.58. The van der Waals surface area contributed by atoms with Crippen molar-refractivity contribution in [3.05, 3.63) is 94.4 Å². The predicted molar refractivity (Wildman–Crippen MR) is 156 cm³/mol. The smallest absolute Gasteiger partial charge is 0.202 e. The molecule has 2 aliphatic rings. The van der Waals surface area contributed by atoms with Gasteiger partial charge in [-0.25, -0.2) is 8.78 Å². The molecule has 3 unspecified atom stereocenters. The van der Waals surface area contributed by atoms with Crippen molar-refractivity contribution in [3.8, 4) is 0 Å². The predicted octanol–water partition coefficient (Wildman–Crippen LogP) is 6.08. The van der Waals surface area contributed by atoms with Gasteiger partial charge in [0.1, 0.15) is 29.7 Å². The molecule has 1 N–H and O–H groups in total. The molecule has 4 rings (SSSR count). The second-order valence-electron chi connectivity index (χ2n) is 10.9. The summed E-state index contributed by atoms with van der Waals surface area (Å²) in [6, 6.07) is 11.5. The number of allylic oxidation sites excluding steroid dienone is 3. The van der Waals surface area contributed by atoms with Crippen LogP contribution >= 0.6 is 0 Å². The minimum atomic E-state index is -0.261. The molecule has 0 aromatic heterocycles. The fraction of sp³-hybridized carbons (Fsp3) is 0.469. The fourth-order valence-corrected chi connectivity index (χ4v) is 6.07. The summed E-state index contributed by atoms with van der Waals surface area (Å²) in [6.45, 7) is 9.80. The van der Waals surface area contributed by atoms with Crippen LogP contribution in [0.5, 0.6) is 0 Å². The highest BCUT2D eigenvalue weighted by Crippen LogP contribution is 2.34. The van der Waals surface area contributed by atoms with Gasteiger partial charge >= 0.3 is 0 Å². The van der Waals surface area contributed by atoms with Gasteiger partial charge in [0, 0.05) is 25.3 Å². The molecule has 2 aromatic carbocycles. The maximum Gasteiger partial charge on any atom is 0.202 e. The van der Waals surface area contributed by atoms with E-state index in [-0.39, 0.29) is 35.4 Å². The molecule has 0 heterocycles. The Morgan fingerprint density at radius 1 is 1.10 bits per heavy atom. The number of carbonyl (C=O) groups is 1. The summed E-state index contributed by atoms with van der Waals surface area (Å²) in [6.07, 6.45) is 7.17. The Bertz CT molecular complexity index is 1210. The van der Waals surface area contributed by atoms with E-state index in [4.69, 9.17) is 4.74 Å². The van der Waals surface area contributed by atoms with Gasteiger partial charge in [0.25, 0.3) is 0 Å². The van der Waals surface area contributed by atoms with Crippen molar-refractivity contribution in [2.24, 2.45) is 11.8 Å². The number of aryl methyl sites for hydroxylation is 1. The Hall–Kier alpha value is -2.64. The monoisotopic (exact) mass is 555 g/mol. The molecule has 0 saturated carbocycles. The normalized spacial score (nSPS) is 23.9. The third-order valence-corrected chi connectivity index (χ3v) is 8.42. The molecule has 39 heavy (non-hydrogen) atoms. The number of hydrogen-bond donors (Lipinski definition) is 1. The van der Waals surface area contributed by atoms with E-state index in [1.165, 1.54) is 12.1 Å². The van der Waals surface area contributed by atoms with Gasteiger partial charge in [0.2, 0.25) is 5.78 Å². The van der Waals surface area contributed by atoms with Crippen LogP contribution in [0.25, 0.3) is 0 Å². The van der Waals surface area contributed by atoms with E-state index in [1.807, 2.05) is 18.2 Å². The lowest BCUT2D eigenvalue weighted by atomic mass is 9.81.